The average molecular weight is 216 g/mol. The normalized spacial score (nSPS) is 11.5. The van der Waals surface area contributed by atoms with Gasteiger partial charge in [-0.05, 0) is 12.8 Å². The van der Waals surface area contributed by atoms with E-state index < -0.39 is 12.0 Å². The maximum Gasteiger partial charge on any atom is 0.326 e. The Morgan fingerprint density at radius 1 is 1.47 bits per heavy atom. The van der Waals surface area contributed by atoms with E-state index in [0.29, 0.717) is 19.3 Å². The molecule has 0 aliphatic heterocycles. The fourth-order valence-electron chi connectivity index (χ4n) is 1.04. The van der Waals surface area contributed by atoms with Crippen LogP contribution in [0.3, 0.4) is 0 Å². The first-order valence-corrected chi connectivity index (χ1v) is 4.81. The number of carbonyl (C=O) groups excluding carboxylic acids is 2. The van der Waals surface area contributed by atoms with Crippen LogP contribution in [0.25, 0.3) is 0 Å². The first-order chi connectivity index (χ1) is 7.11. The van der Waals surface area contributed by atoms with Gasteiger partial charge >= 0.3 is 5.97 Å². The van der Waals surface area contributed by atoms with Gasteiger partial charge in [-0.3, -0.25) is 9.59 Å². The maximum atomic E-state index is 11.1. The van der Waals surface area contributed by atoms with Crippen molar-refractivity contribution in [1.82, 2.24) is 10.6 Å². The molecule has 0 radical (unpaired) electrons. The van der Waals surface area contributed by atoms with Crippen molar-refractivity contribution in [2.75, 3.05) is 6.54 Å². The number of carboxylic acid groups (broad SMARTS) is 1. The Morgan fingerprint density at radius 3 is 2.60 bits per heavy atom. The number of aliphatic carboxylic acids is 1. The summed E-state index contributed by atoms with van der Waals surface area (Å²) in [6.45, 7) is 2.07. The highest BCUT2D eigenvalue weighted by Gasteiger charge is 2.18. The molecule has 6 heteroatoms. The molecule has 6 nitrogen and oxygen atoms in total. The second-order valence-corrected chi connectivity index (χ2v) is 3.07. The summed E-state index contributed by atoms with van der Waals surface area (Å²) in [5, 5.41) is 13.5. The Balaban J connectivity index is 3.98. The molecule has 2 amide bonds. The third kappa shape index (κ3) is 6.48. The molecular weight excluding hydrogens is 200 g/mol. The van der Waals surface area contributed by atoms with Gasteiger partial charge in [0.25, 0.3) is 0 Å². The zero-order valence-corrected chi connectivity index (χ0v) is 8.66. The summed E-state index contributed by atoms with van der Waals surface area (Å²) in [5.74, 6) is -1.37. The van der Waals surface area contributed by atoms with Crippen molar-refractivity contribution in [3.05, 3.63) is 0 Å². The Bertz CT molecular complexity index is 230. The number of rotatable bonds is 8. The molecule has 0 aromatic carbocycles. The van der Waals surface area contributed by atoms with E-state index in [-0.39, 0.29) is 18.9 Å². The lowest BCUT2D eigenvalue weighted by atomic mass is 10.2. The van der Waals surface area contributed by atoms with Crippen LogP contribution in [0.2, 0.25) is 0 Å². The molecular formula is C9H16N2O4. The molecule has 15 heavy (non-hydrogen) atoms. The van der Waals surface area contributed by atoms with Crippen LogP contribution in [0.1, 0.15) is 26.2 Å². The number of hydrogen-bond acceptors (Lipinski definition) is 3. The number of amides is 2. The topological polar surface area (TPSA) is 95.5 Å². The summed E-state index contributed by atoms with van der Waals surface area (Å²) in [6.07, 6.45) is 1.66. The van der Waals surface area contributed by atoms with Crippen LogP contribution in [0.15, 0.2) is 0 Å². The second-order valence-electron chi connectivity index (χ2n) is 3.07. The number of nitrogens with one attached hydrogen (secondary N) is 2. The fraction of sp³-hybridized carbons (Fsp3) is 0.667. The van der Waals surface area contributed by atoms with Gasteiger partial charge in [0.1, 0.15) is 6.04 Å². The molecule has 0 bridgehead atoms. The zero-order valence-electron chi connectivity index (χ0n) is 8.66. The van der Waals surface area contributed by atoms with Crippen molar-refractivity contribution in [3.8, 4) is 0 Å². The van der Waals surface area contributed by atoms with Gasteiger partial charge < -0.3 is 15.7 Å². The largest absolute Gasteiger partial charge is 0.480 e. The molecule has 0 saturated heterocycles. The molecule has 0 aliphatic carbocycles. The molecule has 0 fully saturated rings. The summed E-state index contributed by atoms with van der Waals surface area (Å²) in [4.78, 5) is 31.8. The Morgan fingerprint density at radius 2 is 2.13 bits per heavy atom. The van der Waals surface area contributed by atoms with E-state index in [9.17, 15) is 14.4 Å². The van der Waals surface area contributed by atoms with E-state index in [1.165, 1.54) is 0 Å². The van der Waals surface area contributed by atoms with Crippen LogP contribution < -0.4 is 10.6 Å². The highest BCUT2D eigenvalue weighted by Crippen LogP contribution is 1.94. The number of hydrogen-bond donors (Lipinski definition) is 3. The minimum absolute atomic E-state index is 0.184. The minimum Gasteiger partial charge on any atom is -0.480 e. The van der Waals surface area contributed by atoms with Crippen LogP contribution in [-0.2, 0) is 14.4 Å². The van der Waals surface area contributed by atoms with E-state index in [4.69, 9.17) is 5.11 Å². The van der Waals surface area contributed by atoms with Crippen molar-refractivity contribution in [2.45, 2.75) is 32.2 Å². The lowest BCUT2D eigenvalue weighted by Gasteiger charge is -2.13. The fourth-order valence-corrected chi connectivity index (χ4v) is 1.04. The van der Waals surface area contributed by atoms with Gasteiger partial charge in [-0.2, -0.15) is 0 Å². The SMILES string of the molecule is CCCC(=O)NC(CCNC=O)C(=O)O. The van der Waals surface area contributed by atoms with E-state index in [1.807, 2.05) is 6.92 Å². The van der Waals surface area contributed by atoms with Crippen molar-refractivity contribution in [1.29, 1.82) is 0 Å². The van der Waals surface area contributed by atoms with E-state index in [2.05, 4.69) is 10.6 Å². The lowest BCUT2D eigenvalue weighted by molar-refractivity contribution is -0.142. The van der Waals surface area contributed by atoms with Gasteiger partial charge in [-0.25, -0.2) is 4.79 Å². The zero-order chi connectivity index (χ0) is 11.7. The predicted octanol–water partition coefficient (Wildman–Crippen LogP) is -0.508. The van der Waals surface area contributed by atoms with Crippen LogP contribution in [0, 0.1) is 0 Å². The molecule has 3 N–H and O–H groups in total. The number of carbonyl (C=O) groups is 3. The smallest absolute Gasteiger partial charge is 0.326 e. The standard InChI is InChI=1S/C9H16N2O4/c1-2-3-8(13)11-7(9(14)15)4-5-10-6-12/h6-7H,2-5H2,1H3,(H,10,12)(H,11,13)(H,14,15). The number of carboxylic acids is 1. The Kier molecular flexibility index (Phi) is 6.96. The summed E-state index contributed by atoms with van der Waals surface area (Å²) in [5.41, 5.74) is 0. The van der Waals surface area contributed by atoms with Crippen LogP contribution in [0.5, 0.6) is 0 Å². The molecule has 86 valence electrons. The maximum absolute atomic E-state index is 11.1. The van der Waals surface area contributed by atoms with E-state index in [0.717, 1.165) is 0 Å². The van der Waals surface area contributed by atoms with Gasteiger partial charge in [0, 0.05) is 13.0 Å². The van der Waals surface area contributed by atoms with Gasteiger partial charge in [0.05, 0.1) is 0 Å². The van der Waals surface area contributed by atoms with Crippen molar-refractivity contribution < 1.29 is 19.5 Å². The van der Waals surface area contributed by atoms with Gasteiger partial charge in [-0.1, -0.05) is 6.92 Å². The third-order valence-corrected chi connectivity index (χ3v) is 1.77. The summed E-state index contributed by atoms with van der Waals surface area (Å²) >= 11 is 0. The average Bonchev–Trinajstić information content (AvgIpc) is 2.16. The van der Waals surface area contributed by atoms with E-state index >= 15 is 0 Å². The van der Waals surface area contributed by atoms with Crippen molar-refractivity contribution >= 4 is 18.3 Å². The highest BCUT2D eigenvalue weighted by molar-refractivity contribution is 5.83. The molecule has 0 heterocycles. The second kappa shape index (κ2) is 7.78. The van der Waals surface area contributed by atoms with Gasteiger partial charge in [-0.15, -0.1) is 0 Å². The Hall–Kier alpha value is -1.59. The molecule has 0 spiro atoms. The molecule has 0 saturated carbocycles. The molecule has 1 atom stereocenters. The summed E-state index contributed by atoms with van der Waals surface area (Å²) < 4.78 is 0. The van der Waals surface area contributed by atoms with Crippen LogP contribution in [0.4, 0.5) is 0 Å². The van der Waals surface area contributed by atoms with Crippen LogP contribution in [-0.4, -0.2) is 36.0 Å². The molecule has 0 aromatic rings. The highest BCUT2D eigenvalue weighted by atomic mass is 16.4. The molecule has 1 unspecified atom stereocenters. The predicted molar refractivity (Wildman–Crippen MR) is 53.2 cm³/mol. The summed E-state index contributed by atoms with van der Waals surface area (Å²) in [6, 6.07) is -0.934. The first kappa shape index (κ1) is 13.4. The van der Waals surface area contributed by atoms with Gasteiger partial charge in [0.15, 0.2) is 0 Å². The van der Waals surface area contributed by atoms with Crippen LogP contribution >= 0.6 is 0 Å². The Labute approximate surface area is 88.0 Å². The van der Waals surface area contributed by atoms with Gasteiger partial charge in [0.2, 0.25) is 12.3 Å². The van der Waals surface area contributed by atoms with E-state index in [1.54, 1.807) is 0 Å². The van der Waals surface area contributed by atoms with Crippen molar-refractivity contribution in [3.63, 3.8) is 0 Å². The third-order valence-electron chi connectivity index (χ3n) is 1.77. The molecule has 0 aromatic heterocycles. The van der Waals surface area contributed by atoms with Crippen molar-refractivity contribution in [2.24, 2.45) is 0 Å². The quantitative estimate of drug-likeness (QED) is 0.376. The summed E-state index contributed by atoms with van der Waals surface area (Å²) in [7, 11) is 0. The monoisotopic (exact) mass is 216 g/mol. The molecule has 0 aliphatic rings. The molecule has 0 rings (SSSR count). The first-order valence-electron chi connectivity index (χ1n) is 4.81. The lowest BCUT2D eigenvalue weighted by Crippen LogP contribution is -2.42. The minimum atomic E-state index is -1.09.